The predicted octanol–water partition coefficient (Wildman–Crippen LogP) is 3.28. The maximum atomic E-state index is 4.34. The lowest BCUT2D eigenvalue weighted by Gasteiger charge is -2.28. The third kappa shape index (κ3) is 3.97. The Morgan fingerprint density at radius 3 is 2.65 bits per heavy atom. The predicted molar refractivity (Wildman–Crippen MR) is 83.6 cm³/mol. The second-order valence-corrected chi connectivity index (χ2v) is 5.06. The van der Waals surface area contributed by atoms with Crippen LogP contribution in [0.25, 0.3) is 0 Å². The van der Waals surface area contributed by atoms with E-state index in [2.05, 4.69) is 39.8 Å². The van der Waals surface area contributed by atoms with E-state index in [0.29, 0.717) is 0 Å². The van der Waals surface area contributed by atoms with Crippen molar-refractivity contribution in [1.82, 2.24) is 9.88 Å². The van der Waals surface area contributed by atoms with Crippen molar-refractivity contribution in [3.63, 3.8) is 0 Å². The van der Waals surface area contributed by atoms with Crippen molar-refractivity contribution in [2.24, 2.45) is 0 Å². The molecule has 104 valence electrons. The maximum Gasteiger partial charge on any atom is 0.130 e. The fourth-order valence-corrected chi connectivity index (χ4v) is 2.22. The van der Waals surface area contributed by atoms with Gasteiger partial charge in [-0.25, -0.2) is 4.98 Å². The van der Waals surface area contributed by atoms with Gasteiger partial charge in [-0.15, -0.1) is 11.5 Å². The lowest BCUT2D eigenvalue weighted by molar-refractivity contribution is 0.278. The number of hydrogen-bond donors (Lipinski definition) is 1. The average molecular weight is 267 g/mol. The quantitative estimate of drug-likeness (QED) is 0.849. The number of pyridine rings is 1. The first-order valence-electron chi connectivity index (χ1n) is 6.90. The summed E-state index contributed by atoms with van der Waals surface area (Å²) in [5.74, 6) is 0.838. The minimum absolute atomic E-state index is 0.823. The van der Waals surface area contributed by atoms with Gasteiger partial charge in [0.15, 0.2) is 0 Å². The Morgan fingerprint density at radius 2 is 2.10 bits per heavy atom. The van der Waals surface area contributed by atoms with Crippen LogP contribution in [0.1, 0.15) is 18.4 Å². The van der Waals surface area contributed by atoms with Gasteiger partial charge in [0.25, 0.3) is 0 Å². The molecule has 1 aliphatic rings. The second-order valence-electron chi connectivity index (χ2n) is 5.06. The van der Waals surface area contributed by atoms with Gasteiger partial charge in [0.05, 0.1) is 5.70 Å². The normalized spacial score (nSPS) is 15.3. The fourth-order valence-electron chi connectivity index (χ4n) is 2.22. The van der Waals surface area contributed by atoms with E-state index in [-0.39, 0.29) is 0 Å². The van der Waals surface area contributed by atoms with Crippen LogP contribution < -0.4 is 5.32 Å². The van der Waals surface area contributed by atoms with Crippen molar-refractivity contribution in [1.29, 1.82) is 0 Å². The number of nitrogens with zero attached hydrogens (tertiary/aromatic N) is 2. The van der Waals surface area contributed by atoms with Gasteiger partial charge < -0.3 is 5.32 Å². The molecule has 0 spiro atoms. The minimum Gasteiger partial charge on any atom is -0.336 e. The largest absolute Gasteiger partial charge is 0.336 e. The molecular formula is C17H21N3. The van der Waals surface area contributed by atoms with Gasteiger partial charge >= 0.3 is 0 Å². The van der Waals surface area contributed by atoms with Gasteiger partial charge in [-0.05, 0) is 37.0 Å². The summed E-state index contributed by atoms with van der Waals surface area (Å²) in [5, 5.41) is 3.28. The average Bonchev–Trinajstić information content (AvgIpc) is 2.49. The molecule has 0 saturated carbocycles. The van der Waals surface area contributed by atoms with Crippen LogP contribution >= 0.6 is 0 Å². The molecule has 0 amide bonds. The van der Waals surface area contributed by atoms with E-state index in [4.69, 9.17) is 0 Å². The van der Waals surface area contributed by atoms with Crippen LogP contribution in [0.4, 0.5) is 5.82 Å². The Bertz CT molecular complexity index is 548. The summed E-state index contributed by atoms with van der Waals surface area (Å²) < 4.78 is 0. The van der Waals surface area contributed by atoms with Gasteiger partial charge in [0, 0.05) is 25.8 Å². The lowest BCUT2D eigenvalue weighted by Crippen LogP contribution is -2.33. The van der Waals surface area contributed by atoms with Crippen molar-refractivity contribution in [2.45, 2.75) is 19.8 Å². The van der Waals surface area contributed by atoms with Gasteiger partial charge in [-0.1, -0.05) is 19.2 Å². The number of aryl methyl sites for hydroxylation is 1. The van der Waals surface area contributed by atoms with Crippen LogP contribution in [0.15, 0.2) is 54.2 Å². The van der Waals surface area contributed by atoms with Crippen molar-refractivity contribution in [3.8, 4) is 0 Å². The number of anilines is 1. The smallest absolute Gasteiger partial charge is 0.130 e. The SMILES string of the molecule is C=C=C1CCN(CC(=C=C)Nc2ccc(C)cn2)CC1. The molecule has 0 atom stereocenters. The van der Waals surface area contributed by atoms with Gasteiger partial charge in [0.2, 0.25) is 0 Å². The molecule has 1 aromatic rings. The first-order chi connectivity index (χ1) is 9.71. The molecular weight excluding hydrogens is 246 g/mol. The number of aromatic nitrogens is 1. The maximum absolute atomic E-state index is 4.34. The monoisotopic (exact) mass is 267 g/mol. The summed E-state index contributed by atoms with van der Waals surface area (Å²) in [6.07, 6.45) is 3.96. The molecule has 0 aliphatic carbocycles. The molecule has 2 rings (SSSR count). The minimum atomic E-state index is 0.823. The highest BCUT2D eigenvalue weighted by atomic mass is 15.2. The van der Waals surface area contributed by atoms with Crippen LogP contribution in [-0.2, 0) is 0 Å². The van der Waals surface area contributed by atoms with Gasteiger partial charge in [0.1, 0.15) is 5.82 Å². The molecule has 0 unspecified atom stereocenters. The molecule has 1 N–H and O–H groups in total. The van der Waals surface area contributed by atoms with Crippen molar-refractivity contribution in [3.05, 3.63) is 59.8 Å². The summed E-state index contributed by atoms with van der Waals surface area (Å²) in [7, 11) is 0. The van der Waals surface area contributed by atoms with Crippen LogP contribution in [0, 0.1) is 6.92 Å². The Balaban J connectivity index is 1.92. The number of piperidine rings is 1. The molecule has 1 aromatic heterocycles. The zero-order valence-electron chi connectivity index (χ0n) is 12.1. The van der Waals surface area contributed by atoms with Crippen LogP contribution in [-0.4, -0.2) is 29.5 Å². The highest BCUT2D eigenvalue weighted by molar-refractivity contribution is 5.41. The number of hydrogen-bond acceptors (Lipinski definition) is 3. The number of likely N-dealkylation sites (tertiary alicyclic amines) is 1. The highest BCUT2D eigenvalue weighted by Crippen LogP contribution is 2.16. The molecule has 1 fully saturated rings. The van der Waals surface area contributed by atoms with Gasteiger partial charge in [-0.3, -0.25) is 4.90 Å². The molecule has 0 radical (unpaired) electrons. The molecule has 1 saturated heterocycles. The molecule has 3 nitrogen and oxygen atoms in total. The van der Waals surface area contributed by atoms with Crippen molar-refractivity contribution < 1.29 is 0 Å². The standard InChI is InChI=1S/C17H21N3/c1-4-15-8-10-20(11-9-15)13-16(5-2)19-17-7-6-14(3)12-18-17/h6-7,12H,1-2,8-11,13H2,3H3,(H,18,19). The Kier molecular flexibility index (Phi) is 4.97. The zero-order chi connectivity index (χ0) is 14.4. The summed E-state index contributed by atoms with van der Waals surface area (Å²) in [6, 6.07) is 4.01. The molecule has 0 aromatic carbocycles. The summed E-state index contributed by atoms with van der Waals surface area (Å²) in [4.78, 5) is 6.73. The number of nitrogens with one attached hydrogen (secondary N) is 1. The Labute approximate surface area is 121 Å². The van der Waals surface area contributed by atoms with E-state index < -0.39 is 0 Å². The molecule has 2 heterocycles. The van der Waals surface area contributed by atoms with Crippen molar-refractivity contribution in [2.75, 3.05) is 25.0 Å². The fraction of sp³-hybridized carbons (Fsp3) is 0.353. The molecule has 20 heavy (non-hydrogen) atoms. The highest BCUT2D eigenvalue weighted by Gasteiger charge is 2.14. The van der Waals surface area contributed by atoms with Crippen LogP contribution in [0.2, 0.25) is 0 Å². The summed E-state index contributed by atoms with van der Waals surface area (Å²) in [6.45, 7) is 12.4. The summed E-state index contributed by atoms with van der Waals surface area (Å²) in [5.41, 5.74) is 9.44. The van der Waals surface area contributed by atoms with Gasteiger partial charge in [-0.2, -0.15) is 0 Å². The second kappa shape index (κ2) is 6.93. The van der Waals surface area contributed by atoms with Crippen LogP contribution in [0.5, 0.6) is 0 Å². The van der Waals surface area contributed by atoms with E-state index in [1.54, 1.807) is 0 Å². The summed E-state index contributed by atoms with van der Waals surface area (Å²) >= 11 is 0. The topological polar surface area (TPSA) is 28.2 Å². The van der Waals surface area contributed by atoms with E-state index in [9.17, 15) is 0 Å². The zero-order valence-corrected chi connectivity index (χ0v) is 12.1. The van der Waals surface area contributed by atoms with E-state index in [1.165, 1.54) is 5.57 Å². The first kappa shape index (κ1) is 14.4. The lowest BCUT2D eigenvalue weighted by atomic mass is 10.1. The first-order valence-corrected chi connectivity index (χ1v) is 6.90. The number of rotatable bonds is 4. The van der Waals surface area contributed by atoms with Crippen LogP contribution in [0.3, 0.4) is 0 Å². The molecule has 3 heteroatoms. The third-order valence-electron chi connectivity index (χ3n) is 3.50. The molecule has 1 aliphatic heterocycles. The van der Waals surface area contributed by atoms with E-state index in [0.717, 1.165) is 49.6 Å². The Morgan fingerprint density at radius 1 is 1.35 bits per heavy atom. The third-order valence-corrected chi connectivity index (χ3v) is 3.50. The van der Waals surface area contributed by atoms with E-state index >= 15 is 0 Å². The Hall–Kier alpha value is -2.05. The molecule has 0 bridgehead atoms. The van der Waals surface area contributed by atoms with E-state index in [1.807, 2.05) is 25.3 Å². The van der Waals surface area contributed by atoms with Crippen molar-refractivity contribution >= 4 is 5.82 Å².